The van der Waals surface area contributed by atoms with Gasteiger partial charge in [-0.05, 0) is 41.5 Å². The van der Waals surface area contributed by atoms with E-state index in [2.05, 4.69) is 21.2 Å². The number of rotatable bonds is 3. The number of hydrogen-bond acceptors (Lipinski definition) is 2. The lowest BCUT2D eigenvalue weighted by atomic mass is 9.99. The summed E-state index contributed by atoms with van der Waals surface area (Å²) in [7, 11) is 1.68. The van der Waals surface area contributed by atoms with E-state index in [1.54, 1.807) is 25.2 Å². The molecule has 2 nitrogen and oxygen atoms in total. The van der Waals surface area contributed by atoms with Gasteiger partial charge < -0.3 is 9.73 Å². The molecule has 1 N–H and O–H groups in total. The Morgan fingerprint density at radius 1 is 1.17 bits per heavy atom. The fourth-order valence-corrected chi connectivity index (χ4v) is 2.34. The van der Waals surface area contributed by atoms with Gasteiger partial charge in [0.1, 0.15) is 0 Å². The first-order valence-electron chi connectivity index (χ1n) is 5.41. The van der Waals surface area contributed by atoms with Crippen molar-refractivity contribution in [2.75, 3.05) is 7.05 Å². The van der Waals surface area contributed by atoms with Crippen LogP contribution in [0, 0.1) is 18.6 Å². The van der Waals surface area contributed by atoms with E-state index in [9.17, 15) is 8.78 Å². The number of nitrogens with one attached hydrogen (secondary N) is 1. The second-order valence-corrected chi connectivity index (χ2v) is 4.69. The Morgan fingerprint density at radius 3 is 2.44 bits per heavy atom. The minimum absolute atomic E-state index is 0.253. The van der Waals surface area contributed by atoms with Crippen molar-refractivity contribution < 1.29 is 13.2 Å². The predicted molar refractivity (Wildman–Crippen MR) is 68.4 cm³/mol. The van der Waals surface area contributed by atoms with Crippen LogP contribution in [0.5, 0.6) is 0 Å². The van der Waals surface area contributed by atoms with Crippen LogP contribution in [0.3, 0.4) is 0 Å². The molecule has 0 amide bonds. The van der Waals surface area contributed by atoms with Crippen molar-refractivity contribution in [3.8, 4) is 0 Å². The molecule has 0 aliphatic carbocycles. The molecule has 2 aromatic rings. The van der Waals surface area contributed by atoms with Gasteiger partial charge in [-0.2, -0.15) is 0 Å². The summed E-state index contributed by atoms with van der Waals surface area (Å²) in [6.07, 6.45) is 1.49. The molecule has 1 heterocycles. The molecule has 0 saturated heterocycles. The van der Waals surface area contributed by atoms with Gasteiger partial charge in [0.15, 0.2) is 16.3 Å². The van der Waals surface area contributed by atoms with Gasteiger partial charge in [0.05, 0.1) is 12.3 Å². The van der Waals surface area contributed by atoms with E-state index in [0.717, 1.165) is 5.56 Å². The lowest BCUT2D eigenvalue weighted by molar-refractivity contribution is 0.479. The molecule has 18 heavy (non-hydrogen) atoms. The molecule has 96 valence electrons. The average Bonchev–Trinajstić information content (AvgIpc) is 2.77. The molecule has 1 atom stereocenters. The summed E-state index contributed by atoms with van der Waals surface area (Å²) < 4.78 is 33.2. The van der Waals surface area contributed by atoms with Gasteiger partial charge in [-0.1, -0.05) is 12.1 Å². The van der Waals surface area contributed by atoms with E-state index in [4.69, 9.17) is 4.42 Å². The van der Waals surface area contributed by atoms with Gasteiger partial charge >= 0.3 is 0 Å². The number of furan rings is 1. The zero-order valence-electron chi connectivity index (χ0n) is 9.93. The topological polar surface area (TPSA) is 25.2 Å². The summed E-state index contributed by atoms with van der Waals surface area (Å²) in [5.41, 5.74) is 1.26. The lowest BCUT2D eigenvalue weighted by Crippen LogP contribution is -2.19. The number of halogens is 3. The highest BCUT2D eigenvalue weighted by Gasteiger charge is 2.22. The van der Waals surface area contributed by atoms with Crippen molar-refractivity contribution in [3.05, 3.63) is 57.5 Å². The van der Waals surface area contributed by atoms with E-state index in [-0.39, 0.29) is 11.1 Å². The minimum Gasteiger partial charge on any atom is -0.457 e. The molecule has 2 rings (SSSR count). The standard InChI is InChI=1S/C13H12BrF2NO/c1-7-3-4-8(11(16)10(7)15)12(17-2)9-5-6-18-13(9)14/h3-6,12,17H,1-2H3. The normalized spacial score (nSPS) is 12.7. The molecule has 1 aromatic carbocycles. The van der Waals surface area contributed by atoms with Crippen molar-refractivity contribution in [3.63, 3.8) is 0 Å². The van der Waals surface area contributed by atoms with Crippen LogP contribution >= 0.6 is 15.9 Å². The van der Waals surface area contributed by atoms with Gasteiger partial charge in [-0.15, -0.1) is 0 Å². The summed E-state index contributed by atoms with van der Waals surface area (Å²) in [5, 5.41) is 2.95. The highest BCUT2D eigenvalue weighted by Crippen LogP contribution is 2.31. The Bertz CT molecular complexity index is 568. The molecule has 0 aliphatic heterocycles. The maximum absolute atomic E-state index is 14.0. The summed E-state index contributed by atoms with van der Waals surface area (Å²) in [5.74, 6) is -1.64. The van der Waals surface area contributed by atoms with Gasteiger partial charge in [-0.25, -0.2) is 8.78 Å². The fourth-order valence-electron chi connectivity index (χ4n) is 1.87. The SMILES string of the molecule is CNC(c1ccoc1Br)c1ccc(C)c(F)c1F. The van der Waals surface area contributed by atoms with Crippen molar-refractivity contribution in [1.29, 1.82) is 0 Å². The first kappa shape index (κ1) is 13.2. The lowest BCUT2D eigenvalue weighted by Gasteiger charge is -2.17. The maximum atomic E-state index is 14.0. The van der Waals surface area contributed by atoms with E-state index in [1.165, 1.54) is 13.2 Å². The number of hydrogen-bond donors (Lipinski definition) is 1. The smallest absolute Gasteiger partial charge is 0.174 e. The molecule has 0 radical (unpaired) electrons. The van der Waals surface area contributed by atoms with Crippen LogP contribution in [0.15, 0.2) is 33.5 Å². The zero-order chi connectivity index (χ0) is 13.3. The fraction of sp³-hybridized carbons (Fsp3) is 0.231. The molecule has 1 aromatic heterocycles. The van der Waals surface area contributed by atoms with E-state index in [1.807, 2.05) is 0 Å². The average molecular weight is 316 g/mol. The molecule has 5 heteroatoms. The van der Waals surface area contributed by atoms with Crippen LogP contribution < -0.4 is 5.32 Å². The van der Waals surface area contributed by atoms with Crippen molar-refractivity contribution in [2.45, 2.75) is 13.0 Å². The first-order chi connectivity index (χ1) is 8.56. The Balaban J connectivity index is 2.53. The Labute approximate surface area is 112 Å². The largest absolute Gasteiger partial charge is 0.457 e. The number of aryl methyl sites for hydroxylation is 1. The van der Waals surface area contributed by atoms with Gasteiger partial charge in [0, 0.05) is 11.1 Å². The summed E-state index contributed by atoms with van der Waals surface area (Å²) in [6, 6.07) is 4.39. The van der Waals surface area contributed by atoms with Crippen LogP contribution in [-0.2, 0) is 0 Å². The highest BCUT2D eigenvalue weighted by atomic mass is 79.9. The van der Waals surface area contributed by atoms with Crippen LogP contribution in [0.25, 0.3) is 0 Å². The Hall–Kier alpha value is -1.20. The number of benzene rings is 1. The van der Waals surface area contributed by atoms with Crippen molar-refractivity contribution in [1.82, 2.24) is 5.32 Å². The van der Waals surface area contributed by atoms with Crippen molar-refractivity contribution in [2.24, 2.45) is 0 Å². The Kier molecular flexibility index (Phi) is 3.82. The van der Waals surface area contributed by atoms with Gasteiger partial charge in [0.25, 0.3) is 0 Å². The summed E-state index contributed by atoms with van der Waals surface area (Å²) >= 11 is 3.24. The second kappa shape index (κ2) is 5.20. The molecule has 1 unspecified atom stereocenters. The van der Waals surface area contributed by atoms with Crippen LogP contribution in [0.2, 0.25) is 0 Å². The molecule has 0 aliphatic rings. The summed E-state index contributed by atoms with van der Waals surface area (Å²) in [6.45, 7) is 1.53. The third-order valence-electron chi connectivity index (χ3n) is 2.86. The van der Waals surface area contributed by atoms with Crippen LogP contribution in [0.1, 0.15) is 22.7 Å². The van der Waals surface area contributed by atoms with Crippen LogP contribution in [-0.4, -0.2) is 7.05 Å². The highest BCUT2D eigenvalue weighted by molar-refractivity contribution is 9.10. The van der Waals surface area contributed by atoms with E-state index >= 15 is 0 Å². The van der Waals surface area contributed by atoms with E-state index < -0.39 is 17.7 Å². The molecule has 0 saturated carbocycles. The molecule has 0 spiro atoms. The predicted octanol–water partition coefficient (Wildman–Crippen LogP) is 3.94. The zero-order valence-corrected chi connectivity index (χ0v) is 11.5. The minimum atomic E-state index is -0.831. The third kappa shape index (κ3) is 2.20. The molecular weight excluding hydrogens is 304 g/mol. The van der Waals surface area contributed by atoms with Crippen molar-refractivity contribution >= 4 is 15.9 Å². The molecule has 0 fully saturated rings. The molecular formula is C13H12BrF2NO. The van der Waals surface area contributed by atoms with Gasteiger partial charge in [-0.3, -0.25) is 0 Å². The monoisotopic (exact) mass is 315 g/mol. The van der Waals surface area contributed by atoms with Crippen LogP contribution in [0.4, 0.5) is 8.78 Å². The third-order valence-corrected chi connectivity index (χ3v) is 3.51. The first-order valence-corrected chi connectivity index (χ1v) is 6.20. The maximum Gasteiger partial charge on any atom is 0.174 e. The second-order valence-electron chi connectivity index (χ2n) is 3.97. The van der Waals surface area contributed by atoms with Gasteiger partial charge in [0.2, 0.25) is 0 Å². The Morgan fingerprint density at radius 2 is 1.89 bits per heavy atom. The van der Waals surface area contributed by atoms with E-state index in [0.29, 0.717) is 4.67 Å². The summed E-state index contributed by atoms with van der Waals surface area (Å²) in [4.78, 5) is 0. The quantitative estimate of drug-likeness (QED) is 0.928. The molecule has 0 bridgehead atoms.